The van der Waals surface area contributed by atoms with Crippen molar-refractivity contribution in [2.24, 2.45) is 5.92 Å². The Balaban J connectivity index is 3.92. The van der Waals surface area contributed by atoms with Crippen LogP contribution in [0.4, 0.5) is 4.79 Å². The van der Waals surface area contributed by atoms with Crippen molar-refractivity contribution in [1.82, 2.24) is 10.2 Å². The van der Waals surface area contributed by atoms with E-state index in [1.807, 2.05) is 0 Å². The van der Waals surface area contributed by atoms with E-state index in [9.17, 15) is 18.0 Å². The number of nitrogens with one attached hydrogen (secondary N) is 1. The number of carboxylic acid groups (broad SMARTS) is 1. The molecule has 0 heterocycles. The average molecular weight is 280 g/mol. The van der Waals surface area contributed by atoms with Crippen molar-refractivity contribution in [2.75, 3.05) is 32.1 Å². The molecule has 0 saturated carbocycles. The fourth-order valence-corrected chi connectivity index (χ4v) is 1.66. The first-order valence-corrected chi connectivity index (χ1v) is 7.59. The van der Waals surface area contributed by atoms with E-state index in [2.05, 4.69) is 5.32 Å². The van der Waals surface area contributed by atoms with Crippen LogP contribution in [0.5, 0.6) is 0 Å². The van der Waals surface area contributed by atoms with Crippen molar-refractivity contribution in [3.8, 4) is 0 Å². The molecule has 2 N–H and O–H groups in total. The van der Waals surface area contributed by atoms with Gasteiger partial charge in [0.05, 0.1) is 11.7 Å². The van der Waals surface area contributed by atoms with Gasteiger partial charge in [-0.2, -0.15) is 0 Å². The summed E-state index contributed by atoms with van der Waals surface area (Å²) in [6.45, 7) is 1.91. The third-order valence-corrected chi connectivity index (χ3v) is 3.34. The summed E-state index contributed by atoms with van der Waals surface area (Å²) in [6, 6.07) is -0.406. The van der Waals surface area contributed by atoms with Crippen LogP contribution in [-0.2, 0) is 14.6 Å². The number of rotatable bonds is 7. The van der Waals surface area contributed by atoms with E-state index in [0.717, 1.165) is 6.26 Å². The number of urea groups is 1. The van der Waals surface area contributed by atoms with Crippen LogP contribution < -0.4 is 5.32 Å². The molecule has 1 unspecified atom stereocenters. The van der Waals surface area contributed by atoms with Crippen LogP contribution in [-0.4, -0.2) is 62.6 Å². The van der Waals surface area contributed by atoms with Crippen molar-refractivity contribution in [3.63, 3.8) is 0 Å². The standard InChI is InChI=1S/C10H20N2O5S/c1-8(9(13)14)4-5-11-10(15)12(2)6-7-18(3,16)17/h8H,4-7H2,1-3H3,(H,11,15)(H,13,14). The predicted molar refractivity (Wildman–Crippen MR) is 67.2 cm³/mol. The molecule has 2 amide bonds. The lowest BCUT2D eigenvalue weighted by Crippen LogP contribution is -2.40. The molecule has 0 aromatic heterocycles. The SMILES string of the molecule is CC(CCNC(=O)N(C)CCS(C)(=O)=O)C(=O)O. The Kier molecular flexibility index (Phi) is 6.67. The highest BCUT2D eigenvalue weighted by atomic mass is 32.2. The summed E-state index contributed by atoms with van der Waals surface area (Å²) in [4.78, 5) is 23.3. The molecule has 0 aliphatic rings. The molecule has 0 spiro atoms. The van der Waals surface area contributed by atoms with Gasteiger partial charge in [0.25, 0.3) is 0 Å². The third kappa shape index (κ3) is 7.88. The smallest absolute Gasteiger partial charge is 0.317 e. The van der Waals surface area contributed by atoms with Crippen LogP contribution in [0.25, 0.3) is 0 Å². The number of aliphatic carboxylic acids is 1. The number of carboxylic acids is 1. The third-order valence-electron chi connectivity index (χ3n) is 2.42. The van der Waals surface area contributed by atoms with Gasteiger partial charge in [-0.1, -0.05) is 6.92 Å². The van der Waals surface area contributed by atoms with Gasteiger partial charge in [-0.25, -0.2) is 13.2 Å². The maximum absolute atomic E-state index is 11.5. The normalized spacial score (nSPS) is 12.8. The van der Waals surface area contributed by atoms with Gasteiger partial charge in [0.1, 0.15) is 9.84 Å². The molecule has 0 aromatic carbocycles. The van der Waals surface area contributed by atoms with E-state index >= 15 is 0 Å². The van der Waals surface area contributed by atoms with Crippen molar-refractivity contribution in [1.29, 1.82) is 0 Å². The Morgan fingerprint density at radius 3 is 2.39 bits per heavy atom. The first-order valence-electron chi connectivity index (χ1n) is 5.53. The molecule has 8 heteroatoms. The van der Waals surface area contributed by atoms with Crippen molar-refractivity contribution in [2.45, 2.75) is 13.3 Å². The van der Waals surface area contributed by atoms with E-state index in [4.69, 9.17) is 5.11 Å². The number of hydrogen-bond acceptors (Lipinski definition) is 4. The first-order chi connectivity index (χ1) is 8.13. The molecule has 0 rings (SSSR count). The summed E-state index contributed by atoms with van der Waals surface area (Å²) < 4.78 is 21.8. The molecule has 0 aliphatic carbocycles. The van der Waals surface area contributed by atoms with E-state index in [1.165, 1.54) is 11.9 Å². The van der Waals surface area contributed by atoms with Crippen LogP contribution in [0.15, 0.2) is 0 Å². The molecule has 1 atom stereocenters. The van der Waals surface area contributed by atoms with Crippen molar-refractivity contribution in [3.05, 3.63) is 0 Å². The average Bonchev–Trinajstić information content (AvgIpc) is 2.24. The lowest BCUT2D eigenvalue weighted by atomic mass is 10.1. The Morgan fingerprint density at radius 1 is 1.39 bits per heavy atom. The summed E-state index contributed by atoms with van der Waals surface area (Å²) in [7, 11) is -1.61. The van der Waals surface area contributed by atoms with Gasteiger partial charge in [-0.15, -0.1) is 0 Å². The molecule has 106 valence electrons. The second kappa shape index (κ2) is 7.20. The van der Waals surface area contributed by atoms with Crippen molar-refractivity contribution < 1.29 is 23.1 Å². The molecule has 7 nitrogen and oxygen atoms in total. The number of amides is 2. The van der Waals surface area contributed by atoms with Gasteiger partial charge in [-0.3, -0.25) is 4.79 Å². The summed E-state index contributed by atoms with van der Waals surface area (Å²) in [6.07, 6.45) is 1.44. The number of nitrogens with zero attached hydrogens (tertiary/aromatic N) is 1. The summed E-state index contributed by atoms with van der Waals surface area (Å²) in [5.41, 5.74) is 0. The second-order valence-corrected chi connectivity index (χ2v) is 6.57. The summed E-state index contributed by atoms with van der Waals surface area (Å²) >= 11 is 0. The van der Waals surface area contributed by atoms with E-state index in [-0.39, 0.29) is 18.8 Å². The van der Waals surface area contributed by atoms with Gasteiger partial charge >= 0.3 is 12.0 Å². The highest BCUT2D eigenvalue weighted by Gasteiger charge is 2.13. The molecule has 0 radical (unpaired) electrons. The van der Waals surface area contributed by atoms with Crippen LogP contribution in [0.3, 0.4) is 0 Å². The lowest BCUT2D eigenvalue weighted by Gasteiger charge is -2.17. The highest BCUT2D eigenvalue weighted by molar-refractivity contribution is 7.90. The Labute approximate surface area is 107 Å². The summed E-state index contributed by atoms with van der Waals surface area (Å²) in [5.74, 6) is -1.52. The van der Waals surface area contributed by atoms with Crippen LogP contribution in [0.1, 0.15) is 13.3 Å². The Morgan fingerprint density at radius 2 is 1.94 bits per heavy atom. The Bertz CT molecular complexity index is 393. The van der Waals surface area contributed by atoms with Gasteiger partial charge in [0.2, 0.25) is 0 Å². The fraction of sp³-hybridized carbons (Fsp3) is 0.800. The molecule has 0 saturated heterocycles. The molecule has 18 heavy (non-hydrogen) atoms. The van der Waals surface area contributed by atoms with Gasteiger partial charge in [0, 0.05) is 26.4 Å². The van der Waals surface area contributed by atoms with E-state index in [1.54, 1.807) is 6.92 Å². The lowest BCUT2D eigenvalue weighted by molar-refractivity contribution is -0.141. The Hall–Kier alpha value is -1.31. The summed E-state index contributed by atoms with van der Waals surface area (Å²) in [5, 5.41) is 11.2. The maximum atomic E-state index is 11.5. The van der Waals surface area contributed by atoms with E-state index in [0.29, 0.717) is 6.42 Å². The van der Waals surface area contributed by atoms with Gasteiger partial charge in [-0.05, 0) is 6.42 Å². The van der Waals surface area contributed by atoms with E-state index < -0.39 is 27.8 Å². The number of carbonyl (C=O) groups is 2. The minimum atomic E-state index is -3.10. The van der Waals surface area contributed by atoms with Crippen LogP contribution >= 0.6 is 0 Å². The molecule has 0 aromatic rings. The second-order valence-electron chi connectivity index (χ2n) is 4.31. The quantitative estimate of drug-likeness (QED) is 0.671. The molecule has 0 bridgehead atoms. The fourth-order valence-electron chi connectivity index (χ4n) is 1.06. The predicted octanol–water partition coefficient (Wildman–Crippen LogP) is -0.217. The first kappa shape index (κ1) is 16.7. The van der Waals surface area contributed by atoms with Gasteiger partial charge in [0.15, 0.2) is 0 Å². The number of hydrogen-bond donors (Lipinski definition) is 2. The molecule has 0 fully saturated rings. The largest absolute Gasteiger partial charge is 0.481 e. The zero-order valence-corrected chi connectivity index (χ0v) is 11.7. The molecular weight excluding hydrogens is 260 g/mol. The highest BCUT2D eigenvalue weighted by Crippen LogP contribution is 1.99. The maximum Gasteiger partial charge on any atom is 0.317 e. The molecular formula is C10H20N2O5S. The van der Waals surface area contributed by atoms with Crippen molar-refractivity contribution >= 4 is 21.8 Å². The molecule has 0 aliphatic heterocycles. The zero-order chi connectivity index (χ0) is 14.3. The zero-order valence-electron chi connectivity index (χ0n) is 10.8. The monoisotopic (exact) mass is 280 g/mol. The van der Waals surface area contributed by atoms with Crippen LogP contribution in [0, 0.1) is 5.92 Å². The number of sulfone groups is 1. The number of carbonyl (C=O) groups excluding carboxylic acids is 1. The minimum absolute atomic E-state index is 0.0948. The topological polar surface area (TPSA) is 104 Å². The minimum Gasteiger partial charge on any atom is -0.481 e. The van der Waals surface area contributed by atoms with Crippen LogP contribution in [0.2, 0.25) is 0 Å². The van der Waals surface area contributed by atoms with Gasteiger partial charge < -0.3 is 15.3 Å².